The highest BCUT2D eigenvalue weighted by Gasteiger charge is 2.33. The van der Waals surface area contributed by atoms with Gasteiger partial charge in [-0.1, -0.05) is 133 Å². The molecule has 0 aliphatic heterocycles. The summed E-state index contributed by atoms with van der Waals surface area (Å²) in [4.78, 5) is 16.1. The molecular weight excluding hydrogens is 761 g/mol. The highest BCUT2D eigenvalue weighted by atomic mass is 32.3. The van der Waals surface area contributed by atoms with Gasteiger partial charge in [0.2, 0.25) is 0 Å². The third kappa shape index (κ3) is 5.41. The van der Waals surface area contributed by atoms with Crippen molar-refractivity contribution in [3.05, 3.63) is 231 Å². The van der Waals surface area contributed by atoms with Gasteiger partial charge in [-0.3, -0.25) is 4.57 Å². The highest BCUT2D eigenvalue weighted by Crippen LogP contribution is 2.73. The molecule has 0 aliphatic carbocycles. The van der Waals surface area contributed by atoms with E-state index in [0.29, 0.717) is 0 Å². The molecule has 12 rings (SSSR count). The van der Waals surface area contributed by atoms with Crippen molar-refractivity contribution >= 4 is 64.7 Å². The van der Waals surface area contributed by atoms with E-state index >= 15 is 0 Å². The first-order chi connectivity index (χ1) is 30.3. The molecule has 0 saturated carbocycles. The first-order valence-corrected chi connectivity index (χ1v) is 22.3. The van der Waals surface area contributed by atoms with Crippen molar-refractivity contribution in [2.45, 2.75) is 19.6 Å². The largest absolute Gasteiger partial charge is 0.309 e. The molecule has 0 saturated heterocycles. The molecule has 4 nitrogen and oxygen atoms in total. The molecule has 0 N–H and O–H groups in total. The second-order valence-corrected chi connectivity index (χ2v) is 18.5. The monoisotopic (exact) mass is 798 g/mol. The number of hydrogen-bond acceptors (Lipinski definition) is 2. The maximum Gasteiger partial charge on any atom is 0.165 e. The number of nitrogens with zero attached hydrogens (tertiary/aromatic N) is 4. The number of benzene rings is 9. The second kappa shape index (κ2) is 14.2. The van der Waals surface area contributed by atoms with Gasteiger partial charge in [0.05, 0.1) is 33.1 Å². The molecule has 3 heterocycles. The van der Waals surface area contributed by atoms with E-state index in [1.807, 2.05) is 12.1 Å². The topological polar surface area (TPSA) is 35.6 Å². The predicted molar refractivity (Wildman–Crippen MR) is 254 cm³/mol. The Morgan fingerprint density at radius 2 is 0.721 bits per heavy atom. The Morgan fingerprint density at radius 1 is 0.311 bits per heavy atom. The third-order valence-electron chi connectivity index (χ3n) is 12.0. The van der Waals surface area contributed by atoms with Gasteiger partial charge in [0.1, 0.15) is 5.69 Å². The maximum atomic E-state index is 5.50. The molecule has 0 spiro atoms. The van der Waals surface area contributed by atoms with E-state index in [1.165, 1.54) is 52.2 Å². The third-order valence-corrected chi connectivity index (χ3v) is 15.9. The quantitative estimate of drug-likeness (QED) is 0.161. The van der Waals surface area contributed by atoms with Crippen LogP contribution >= 0.6 is 10.0 Å². The number of para-hydroxylation sites is 5. The average molecular weight is 799 g/mol. The Balaban J connectivity index is 1.13. The molecule has 5 heteroatoms. The van der Waals surface area contributed by atoms with Crippen LogP contribution in [0.2, 0.25) is 0 Å². The molecule has 0 unspecified atom stereocenters. The molecule has 0 bridgehead atoms. The number of hydrogen-bond donors (Lipinski definition) is 0. The summed E-state index contributed by atoms with van der Waals surface area (Å²) in [5.74, 6) is 0.802. The zero-order valence-electron chi connectivity index (χ0n) is 33.1. The fourth-order valence-corrected chi connectivity index (χ4v) is 13.3. The van der Waals surface area contributed by atoms with Crippen LogP contribution in [0.5, 0.6) is 0 Å². The van der Waals surface area contributed by atoms with E-state index in [4.69, 9.17) is 9.97 Å². The Morgan fingerprint density at radius 3 is 1.26 bits per heavy atom. The van der Waals surface area contributed by atoms with E-state index in [-0.39, 0.29) is 0 Å². The first kappa shape index (κ1) is 35.2. The Labute approximate surface area is 355 Å². The molecule has 0 radical (unpaired) electrons. The minimum Gasteiger partial charge on any atom is -0.309 e. The van der Waals surface area contributed by atoms with Crippen LogP contribution in [0.1, 0.15) is 0 Å². The lowest BCUT2D eigenvalue weighted by Crippen LogP contribution is -2.06. The van der Waals surface area contributed by atoms with E-state index in [1.54, 1.807) is 0 Å². The molecule has 0 fully saturated rings. The van der Waals surface area contributed by atoms with Crippen LogP contribution in [-0.2, 0) is 0 Å². The summed E-state index contributed by atoms with van der Waals surface area (Å²) in [5, 5.41) is 4.83. The van der Waals surface area contributed by atoms with Gasteiger partial charge in [-0.05, 0) is 97.1 Å². The van der Waals surface area contributed by atoms with Crippen molar-refractivity contribution < 1.29 is 0 Å². The number of aromatic nitrogens is 4. The van der Waals surface area contributed by atoms with E-state index in [9.17, 15) is 0 Å². The molecular formula is C56H38N4S. The zero-order valence-corrected chi connectivity index (χ0v) is 34.0. The SMILES string of the molecule is c1ccc(-n2c3ccccc3c3c4c5ccccc5n(-c5nc6ccccc6nc5-c5ccc(S(c6ccccc6)(c6ccccc6)c6ccccc6)cc5)c4ccc32)cc1. The minimum atomic E-state index is -1.86. The van der Waals surface area contributed by atoms with E-state index in [2.05, 4.69) is 228 Å². The van der Waals surface area contributed by atoms with Crippen LogP contribution in [0.15, 0.2) is 250 Å². The van der Waals surface area contributed by atoms with Crippen LogP contribution in [0, 0.1) is 0 Å². The van der Waals surface area contributed by atoms with Crippen LogP contribution in [0.4, 0.5) is 0 Å². The molecule has 12 aromatic rings. The van der Waals surface area contributed by atoms with Gasteiger partial charge < -0.3 is 4.57 Å². The smallest absolute Gasteiger partial charge is 0.165 e. The summed E-state index contributed by atoms with van der Waals surface area (Å²) in [6, 6.07) is 83.1. The van der Waals surface area contributed by atoms with Gasteiger partial charge in [-0.2, -0.15) is 0 Å². The van der Waals surface area contributed by atoms with Gasteiger partial charge in [0.15, 0.2) is 5.82 Å². The summed E-state index contributed by atoms with van der Waals surface area (Å²) in [6.07, 6.45) is 0. The molecule has 0 atom stereocenters. The standard InChI is InChI=1S/C56H38N4S/c1-5-19-40(20-6-1)59-49-31-17-13-27-45(49)53-51(59)37-38-52-54(53)46-28-14-18-32-50(46)60(52)56-55(57-47-29-15-16-30-48(47)58-56)39-33-35-44(36-34-39)61(41-21-7-2-8-22-41,42-23-9-3-10-24-42)43-25-11-4-12-26-43/h1-38H. The lowest BCUT2D eigenvalue weighted by molar-refractivity contribution is 1.08. The van der Waals surface area contributed by atoms with Gasteiger partial charge in [0.25, 0.3) is 0 Å². The first-order valence-electron chi connectivity index (χ1n) is 20.7. The summed E-state index contributed by atoms with van der Waals surface area (Å²) >= 11 is 0. The molecule has 0 amide bonds. The summed E-state index contributed by atoms with van der Waals surface area (Å²) in [5.41, 5.74) is 9.22. The Bertz CT molecular complexity index is 3460. The minimum absolute atomic E-state index is 0.802. The van der Waals surface area contributed by atoms with Gasteiger partial charge in [-0.15, -0.1) is 10.0 Å². The van der Waals surface area contributed by atoms with E-state index < -0.39 is 10.0 Å². The summed E-state index contributed by atoms with van der Waals surface area (Å²) in [6.45, 7) is 0. The lowest BCUT2D eigenvalue weighted by atomic mass is 10.1. The molecule has 288 valence electrons. The average Bonchev–Trinajstić information content (AvgIpc) is 3.86. The maximum absolute atomic E-state index is 5.50. The van der Waals surface area contributed by atoms with Crippen molar-refractivity contribution in [1.29, 1.82) is 0 Å². The van der Waals surface area contributed by atoms with E-state index in [0.717, 1.165) is 44.8 Å². The molecule has 61 heavy (non-hydrogen) atoms. The van der Waals surface area contributed by atoms with Gasteiger partial charge >= 0.3 is 0 Å². The van der Waals surface area contributed by atoms with Crippen molar-refractivity contribution in [1.82, 2.24) is 19.1 Å². The van der Waals surface area contributed by atoms with Crippen LogP contribution < -0.4 is 0 Å². The number of rotatable bonds is 7. The van der Waals surface area contributed by atoms with Gasteiger partial charge in [-0.25, -0.2) is 9.97 Å². The van der Waals surface area contributed by atoms with Crippen molar-refractivity contribution in [3.8, 4) is 22.8 Å². The Hall–Kier alpha value is -7.73. The van der Waals surface area contributed by atoms with Gasteiger partial charge in [0, 0.05) is 52.4 Å². The highest BCUT2D eigenvalue weighted by molar-refractivity contribution is 8.34. The number of fused-ring (bicyclic) bond motifs is 8. The zero-order chi connectivity index (χ0) is 40.3. The predicted octanol–water partition coefficient (Wildman–Crippen LogP) is 14.8. The molecule has 9 aromatic carbocycles. The summed E-state index contributed by atoms with van der Waals surface area (Å²) in [7, 11) is -1.86. The van der Waals surface area contributed by atoms with Crippen molar-refractivity contribution in [2.24, 2.45) is 0 Å². The Kier molecular flexibility index (Phi) is 8.22. The summed E-state index contributed by atoms with van der Waals surface area (Å²) < 4.78 is 4.73. The normalized spacial score (nSPS) is 12.2. The molecule has 0 aliphatic rings. The lowest BCUT2D eigenvalue weighted by Gasteiger charge is -2.42. The van der Waals surface area contributed by atoms with Crippen LogP contribution in [-0.4, -0.2) is 19.1 Å². The van der Waals surface area contributed by atoms with Crippen molar-refractivity contribution in [3.63, 3.8) is 0 Å². The fourth-order valence-electron chi connectivity index (χ4n) is 9.45. The van der Waals surface area contributed by atoms with Crippen LogP contribution in [0.3, 0.4) is 0 Å². The van der Waals surface area contributed by atoms with Crippen LogP contribution in [0.25, 0.3) is 77.4 Å². The molecule has 3 aromatic heterocycles. The fraction of sp³-hybridized carbons (Fsp3) is 0. The second-order valence-electron chi connectivity index (χ2n) is 15.4. The van der Waals surface area contributed by atoms with Crippen molar-refractivity contribution in [2.75, 3.05) is 0 Å².